The number of ether oxygens (including phenoxy) is 2. The van der Waals surface area contributed by atoms with Gasteiger partial charge in [-0.3, -0.25) is 9.59 Å². The fourth-order valence-electron chi connectivity index (χ4n) is 3.74. The SMILES string of the molecule is COC(=O)CCc1cc2c(c(C(C)(C)C)c1)OC(=O)C2c1cc(C)ccc1C. The molecule has 0 saturated carbocycles. The van der Waals surface area contributed by atoms with E-state index < -0.39 is 5.92 Å². The van der Waals surface area contributed by atoms with E-state index in [2.05, 4.69) is 32.9 Å². The molecule has 0 fully saturated rings. The van der Waals surface area contributed by atoms with Gasteiger partial charge in [-0.25, -0.2) is 0 Å². The second-order valence-corrected chi connectivity index (χ2v) is 8.60. The van der Waals surface area contributed by atoms with E-state index in [1.54, 1.807) is 0 Å². The Morgan fingerprint density at radius 3 is 2.46 bits per heavy atom. The summed E-state index contributed by atoms with van der Waals surface area (Å²) in [7, 11) is 1.40. The first kappa shape index (κ1) is 20.1. The lowest BCUT2D eigenvalue weighted by Gasteiger charge is -2.23. The van der Waals surface area contributed by atoms with Crippen molar-refractivity contribution in [3.05, 3.63) is 63.7 Å². The Bertz CT molecular complexity index is 934. The summed E-state index contributed by atoms with van der Waals surface area (Å²) >= 11 is 0. The molecule has 0 bridgehead atoms. The second-order valence-electron chi connectivity index (χ2n) is 8.60. The minimum atomic E-state index is -0.436. The Morgan fingerprint density at radius 2 is 1.82 bits per heavy atom. The molecule has 0 spiro atoms. The van der Waals surface area contributed by atoms with E-state index in [1.165, 1.54) is 7.11 Å². The standard InChI is InChI=1S/C24H28O4/c1-14-7-8-15(2)17(11-14)21-18-12-16(9-10-20(25)27-6)13-19(24(3,4)5)22(18)28-23(21)26/h7-8,11-13,21H,9-10H2,1-6H3. The van der Waals surface area contributed by atoms with Gasteiger partial charge in [-0.1, -0.05) is 56.7 Å². The summed E-state index contributed by atoms with van der Waals surface area (Å²) < 4.78 is 10.6. The second kappa shape index (κ2) is 7.42. The van der Waals surface area contributed by atoms with Crippen molar-refractivity contribution in [1.29, 1.82) is 0 Å². The molecule has 28 heavy (non-hydrogen) atoms. The number of methoxy groups -OCH3 is 1. The molecule has 0 aliphatic carbocycles. The van der Waals surface area contributed by atoms with Gasteiger partial charge in [0.1, 0.15) is 11.7 Å². The summed E-state index contributed by atoms with van der Waals surface area (Å²) in [5.41, 5.74) is 5.87. The summed E-state index contributed by atoms with van der Waals surface area (Å²) in [4.78, 5) is 24.5. The molecule has 2 aromatic rings. The highest BCUT2D eigenvalue weighted by Crippen LogP contribution is 2.46. The maximum absolute atomic E-state index is 12.9. The predicted molar refractivity (Wildman–Crippen MR) is 109 cm³/mol. The highest BCUT2D eigenvalue weighted by molar-refractivity contribution is 5.91. The van der Waals surface area contributed by atoms with Crippen LogP contribution in [-0.2, 0) is 26.2 Å². The topological polar surface area (TPSA) is 52.6 Å². The van der Waals surface area contributed by atoms with E-state index in [-0.39, 0.29) is 17.4 Å². The Balaban J connectivity index is 2.14. The minimum Gasteiger partial charge on any atom is -0.469 e. The maximum atomic E-state index is 12.9. The Kier molecular flexibility index (Phi) is 5.33. The molecule has 4 nitrogen and oxygen atoms in total. The Labute approximate surface area is 166 Å². The number of hydrogen-bond acceptors (Lipinski definition) is 4. The maximum Gasteiger partial charge on any atom is 0.323 e. The molecular weight excluding hydrogens is 352 g/mol. The molecule has 1 unspecified atom stereocenters. The molecule has 0 saturated heterocycles. The molecule has 0 aromatic heterocycles. The molecule has 4 heteroatoms. The number of esters is 2. The largest absolute Gasteiger partial charge is 0.469 e. The molecule has 3 rings (SSSR count). The molecule has 1 heterocycles. The smallest absolute Gasteiger partial charge is 0.323 e. The van der Waals surface area contributed by atoms with E-state index in [0.29, 0.717) is 18.6 Å². The average molecular weight is 380 g/mol. The average Bonchev–Trinajstić information content (AvgIpc) is 2.95. The van der Waals surface area contributed by atoms with Crippen LogP contribution < -0.4 is 4.74 Å². The van der Waals surface area contributed by atoms with E-state index in [9.17, 15) is 9.59 Å². The lowest BCUT2D eigenvalue weighted by molar-refractivity contribution is -0.140. The minimum absolute atomic E-state index is 0.192. The number of rotatable bonds is 4. The normalized spacial score (nSPS) is 15.9. The van der Waals surface area contributed by atoms with Gasteiger partial charge in [0.2, 0.25) is 0 Å². The van der Waals surface area contributed by atoms with Gasteiger partial charge >= 0.3 is 11.9 Å². The van der Waals surface area contributed by atoms with Gasteiger partial charge in [-0.2, -0.15) is 0 Å². The van der Waals surface area contributed by atoms with Crippen molar-refractivity contribution < 1.29 is 19.1 Å². The number of aryl methyl sites for hydroxylation is 3. The highest BCUT2D eigenvalue weighted by atomic mass is 16.5. The third-order valence-corrected chi connectivity index (χ3v) is 5.33. The van der Waals surface area contributed by atoms with Crippen LogP contribution in [0.25, 0.3) is 0 Å². The van der Waals surface area contributed by atoms with Gasteiger partial charge in [-0.15, -0.1) is 0 Å². The van der Waals surface area contributed by atoms with Gasteiger partial charge in [0.25, 0.3) is 0 Å². The molecule has 1 atom stereocenters. The van der Waals surface area contributed by atoms with E-state index in [0.717, 1.165) is 33.4 Å². The fourth-order valence-corrected chi connectivity index (χ4v) is 3.74. The van der Waals surface area contributed by atoms with Gasteiger partial charge in [-0.05, 0) is 42.4 Å². The number of fused-ring (bicyclic) bond motifs is 1. The third kappa shape index (κ3) is 3.82. The van der Waals surface area contributed by atoms with Crippen LogP contribution in [0.2, 0.25) is 0 Å². The van der Waals surface area contributed by atoms with E-state index in [4.69, 9.17) is 9.47 Å². The number of carbonyl (C=O) groups is 2. The fraction of sp³-hybridized carbons (Fsp3) is 0.417. The Hall–Kier alpha value is -2.62. The molecule has 0 radical (unpaired) electrons. The molecule has 1 aliphatic heterocycles. The first-order valence-corrected chi connectivity index (χ1v) is 9.64. The van der Waals surface area contributed by atoms with Gasteiger partial charge in [0.15, 0.2) is 0 Å². The number of hydrogen-bond donors (Lipinski definition) is 0. The molecule has 0 N–H and O–H groups in total. The number of carbonyl (C=O) groups excluding carboxylic acids is 2. The zero-order chi connectivity index (χ0) is 20.6. The van der Waals surface area contributed by atoms with Crippen LogP contribution in [0.4, 0.5) is 0 Å². The van der Waals surface area contributed by atoms with E-state index in [1.807, 2.05) is 32.0 Å². The summed E-state index contributed by atoms with van der Waals surface area (Å²) in [6.45, 7) is 10.4. The van der Waals surface area contributed by atoms with Crippen LogP contribution >= 0.6 is 0 Å². The summed E-state index contributed by atoms with van der Waals surface area (Å²) in [6, 6.07) is 10.2. The first-order chi connectivity index (χ1) is 13.1. The highest BCUT2D eigenvalue weighted by Gasteiger charge is 2.39. The van der Waals surface area contributed by atoms with Crippen LogP contribution in [0, 0.1) is 13.8 Å². The van der Waals surface area contributed by atoms with Crippen LogP contribution in [0.5, 0.6) is 5.75 Å². The van der Waals surface area contributed by atoms with E-state index >= 15 is 0 Å². The monoisotopic (exact) mass is 380 g/mol. The quantitative estimate of drug-likeness (QED) is 0.567. The van der Waals surface area contributed by atoms with Gasteiger partial charge < -0.3 is 9.47 Å². The third-order valence-electron chi connectivity index (χ3n) is 5.33. The zero-order valence-corrected chi connectivity index (χ0v) is 17.5. The molecular formula is C24H28O4. The van der Waals surface area contributed by atoms with Crippen molar-refractivity contribution in [1.82, 2.24) is 0 Å². The molecule has 1 aliphatic rings. The van der Waals surface area contributed by atoms with Crippen LogP contribution in [-0.4, -0.2) is 19.0 Å². The lowest BCUT2D eigenvalue weighted by Crippen LogP contribution is -2.14. The molecule has 0 amide bonds. The van der Waals surface area contributed by atoms with Gasteiger partial charge in [0.05, 0.1) is 7.11 Å². The van der Waals surface area contributed by atoms with Crippen LogP contribution in [0.3, 0.4) is 0 Å². The molecule has 148 valence electrons. The zero-order valence-electron chi connectivity index (χ0n) is 17.5. The van der Waals surface area contributed by atoms with Crippen molar-refractivity contribution in [2.45, 2.75) is 58.8 Å². The van der Waals surface area contributed by atoms with Crippen LogP contribution in [0.1, 0.15) is 66.5 Å². The summed E-state index contributed by atoms with van der Waals surface area (Å²) in [5.74, 6) is -0.241. The number of benzene rings is 2. The summed E-state index contributed by atoms with van der Waals surface area (Å²) in [6.07, 6.45) is 0.874. The van der Waals surface area contributed by atoms with Gasteiger partial charge in [0, 0.05) is 17.5 Å². The van der Waals surface area contributed by atoms with Crippen molar-refractivity contribution in [2.75, 3.05) is 7.11 Å². The predicted octanol–water partition coefficient (Wildman–Crippen LogP) is 4.76. The van der Waals surface area contributed by atoms with Crippen molar-refractivity contribution in [3.63, 3.8) is 0 Å². The molecule has 2 aromatic carbocycles. The lowest BCUT2D eigenvalue weighted by atomic mass is 9.80. The first-order valence-electron chi connectivity index (χ1n) is 9.64. The van der Waals surface area contributed by atoms with Crippen molar-refractivity contribution in [2.24, 2.45) is 0 Å². The van der Waals surface area contributed by atoms with Crippen molar-refractivity contribution >= 4 is 11.9 Å². The Morgan fingerprint density at radius 1 is 1.11 bits per heavy atom. The van der Waals surface area contributed by atoms with Crippen molar-refractivity contribution in [3.8, 4) is 5.75 Å². The van der Waals surface area contributed by atoms with Crippen LogP contribution in [0.15, 0.2) is 30.3 Å². The summed E-state index contributed by atoms with van der Waals surface area (Å²) in [5, 5.41) is 0.